The average molecular weight is 519 g/mol. The fourth-order valence-electron chi connectivity index (χ4n) is 5.03. The Morgan fingerprint density at radius 3 is 2.53 bits per heavy atom. The van der Waals surface area contributed by atoms with Crippen LogP contribution in [-0.4, -0.2) is 38.8 Å². The van der Waals surface area contributed by atoms with Crippen molar-refractivity contribution in [2.24, 2.45) is 0 Å². The highest BCUT2D eigenvalue weighted by atomic mass is 35.5. The summed E-state index contributed by atoms with van der Waals surface area (Å²) < 4.78 is 56.2. The van der Waals surface area contributed by atoms with Crippen molar-refractivity contribution < 1.29 is 17.6 Å². The first kappa shape index (κ1) is 24.5. The van der Waals surface area contributed by atoms with E-state index in [-0.39, 0.29) is 17.6 Å². The van der Waals surface area contributed by atoms with Gasteiger partial charge in [-0.25, -0.2) is 4.39 Å². The molecule has 0 saturated carbocycles. The number of hydrogen-bond acceptors (Lipinski definition) is 5. The van der Waals surface area contributed by atoms with Gasteiger partial charge in [0.2, 0.25) is 0 Å². The van der Waals surface area contributed by atoms with Gasteiger partial charge in [0, 0.05) is 30.6 Å². The number of rotatable bonds is 3. The molecule has 3 heterocycles. The highest BCUT2D eigenvalue weighted by Gasteiger charge is 2.37. The minimum absolute atomic E-state index is 0.0140. The van der Waals surface area contributed by atoms with Gasteiger partial charge >= 0.3 is 6.18 Å². The summed E-state index contributed by atoms with van der Waals surface area (Å²) in [4.78, 5) is 3.66. The standard InChI is InChI=1S/C25H23ClF4N6/c1-15(12-31)35-13-17-11-18(26)5-6-20(17)36-22(14-35)32-33-24(36)16-7-9-34(10-8-16)21-4-2-3-19(23(21)27)25(28,29)30/h2-6,11,15-16H,7-10,13-14H2,1H3. The Morgan fingerprint density at radius 1 is 1.08 bits per heavy atom. The number of nitrogens with zero attached hydrogens (tertiary/aromatic N) is 6. The molecule has 36 heavy (non-hydrogen) atoms. The molecule has 1 fully saturated rings. The summed E-state index contributed by atoms with van der Waals surface area (Å²) in [6.07, 6.45) is -3.59. The molecule has 1 aromatic heterocycles. The van der Waals surface area contributed by atoms with Crippen molar-refractivity contribution in [2.45, 2.75) is 51.0 Å². The lowest BCUT2D eigenvalue weighted by Gasteiger charge is -2.34. The number of anilines is 1. The molecule has 0 aliphatic carbocycles. The van der Waals surface area contributed by atoms with Gasteiger partial charge < -0.3 is 4.90 Å². The maximum atomic E-state index is 14.7. The van der Waals surface area contributed by atoms with Crippen LogP contribution < -0.4 is 4.90 Å². The van der Waals surface area contributed by atoms with Crippen LogP contribution in [0.5, 0.6) is 0 Å². The summed E-state index contributed by atoms with van der Waals surface area (Å²) in [5.74, 6) is 0.209. The lowest BCUT2D eigenvalue weighted by molar-refractivity contribution is -0.139. The van der Waals surface area contributed by atoms with Crippen molar-refractivity contribution in [3.63, 3.8) is 0 Å². The van der Waals surface area contributed by atoms with Gasteiger partial charge in [-0.2, -0.15) is 18.4 Å². The Labute approximate surface area is 210 Å². The molecule has 0 radical (unpaired) electrons. The molecule has 0 N–H and O–H groups in total. The van der Waals surface area contributed by atoms with E-state index in [0.29, 0.717) is 49.9 Å². The summed E-state index contributed by atoms with van der Waals surface area (Å²) in [6, 6.07) is 10.9. The first-order valence-corrected chi connectivity index (χ1v) is 12.0. The van der Waals surface area contributed by atoms with Gasteiger partial charge in [0.15, 0.2) is 11.6 Å². The van der Waals surface area contributed by atoms with Crippen LogP contribution in [0.15, 0.2) is 36.4 Å². The first-order valence-electron chi connectivity index (χ1n) is 11.6. The fourth-order valence-corrected chi connectivity index (χ4v) is 5.23. The van der Waals surface area contributed by atoms with Crippen molar-refractivity contribution in [1.82, 2.24) is 19.7 Å². The van der Waals surface area contributed by atoms with E-state index < -0.39 is 17.6 Å². The summed E-state index contributed by atoms with van der Waals surface area (Å²) >= 11 is 6.28. The van der Waals surface area contributed by atoms with Crippen LogP contribution in [0.25, 0.3) is 5.69 Å². The van der Waals surface area contributed by atoms with Crippen LogP contribution in [0.3, 0.4) is 0 Å². The predicted molar refractivity (Wildman–Crippen MR) is 126 cm³/mol. The number of fused-ring (bicyclic) bond motifs is 3. The van der Waals surface area contributed by atoms with Gasteiger partial charge in [0.05, 0.1) is 35.6 Å². The second-order valence-corrected chi connectivity index (χ2v) is 9.63. The van der Waals surface area contributed by atoms with Gasteiger partial charge in [-0.15, -0.1) is 10.2 Å². The Morgan fingerprint density at radius 2 is 1.83 bits per heavy atom. The lowest BCUT2D eigenvalue weighted by Crippen LogP contribution is -2.34. The van der Waals surface area contributed by atoms with E-state index in [1.165, 1.54) is 12.1 Å². The zero-order valence-corrected chi connectivity index (χ0v) is 20.2. The number of piperidine rings is 1. The van der Waals surface area contributed by atoms with Crippen molar-refractivity contribution in [3.05, 3.63) is 70.0 Å². The molecule has 6 nitrogen and oxygen atoms in total. The van der Waals surface area contributed by atoms with Crippen LogP contribution in [0.2, 0.25) is 5.02 Å². The summed E-state index contributed by atoms with van der Waals surface area (Å²) in [7, 11) is 0. The molecule has 188 valence electrons. The molecule has 1 saturated heterocycles. The second kappa shape index (κ2) is 9.37. The SMILES string of the molecule is CC(C#N)N1Cc2cc(Cl)ccc2-n2c(nnc2C2CCN(c3cccc(C(F)(F)F)c3F)CC2)C1. The molecule has 0 bridgehead atoms. The third-order valence-electron chi connectivity index (χ3n) is 6.97. The number of benzene rings is 2. The summed E-state index contributed by atoms with van der Waals surface area (Å²) in [5, 5.41) is 19.0. The molecule has 2 aliphatic heterocycles. The summed E-state index contributed by atoms with van der Waals surface area (Å²) in [6.45, 7) is 3.56. The van der Waals surface area contributed by atoms with Crippen molar-refractivity contribution in [2.75, 3.05) is 18.0 Å². The zero-order chi connectivity index (χ0) is 25.6. The van der Waals surface area contributed by atoms with Crippen molar-refractivity contribution >= 4 is 17.3 Å². The molecule has 1 atom stereocenters. The van der Waals surface area contributed by atoms with E-state index in [4.69, 9.17) is 11.6 Å². The van der Waals surface area contributed by atoms with Gasteiger partial charge in [0.1, 0.15) is 5.82 Å². The maximum Gasteiger partial charge on any atom is 0.419 e. The molecule has 1 unspecified atom stereocenters. The normalized spacial score (nSPS) is 17.8. The Balaban J connectivity index is 1.43. The van der Waals surface area contributed by atoms with Crippen LogP contribution in [-0.2, 0) is 19.3 Å². The number of nitriles is 1. The van der Waals surface area contributed by atoms with E-state index in [1.807, 2.05) is 28.5 Å². The second-order valence-electron chi connectivity index (χ2n) is 9.19. The van der Waals surface area contributed by atoms with Crippen LogP contribution in [0, 0.1) is 17.1 Å². The van der Waals surface area contributed by atoms with E-state index in [1.54, 1.807) is 11.0 Å². The minimum atomic E-state index is -4.75. The summed E-state index contributed by atoms with van der Waals surface area (Å²) in [5.41, 5.74) is 0.557. The Bertz CT molecular complexity index is 1320. The number of hydrogen-bond donors (Lipinski definition) is 0. The van der Waals surface area contributed by atoms with Crippen molar-refractivity contribution in [1.29, 1.82) is 5.26 Å². The fraction of sp³-hybridized carbons (Fsp3) is 0.400. The van der Waals surface area contributed by atoms with Gasteiger partial charge in [-0.05, 0) is 55.7 Å². The maximum absolute atomic E-state index is 14.7. The number of halogens is 5. The van der Waals surface area contributed by atoms with Gasteiger partial charge in [-0.1, -0.05) is 17.7 Å². The molecule has 11 heteroatoms. The Hall–Kier alpha value is -3.16. The average Bonchev–Trinajstić information content (AvgIpc) is 3.18. The predicted octanol–water partition coefficient (Wildman–Crippen LogP) is 5.69. The topological polar surface area (TPSA) is 61.0 Å². The molecule has 0 amide bonds. The largest absolute Gasteiger partial charge is 0.419 e. The van der Waals surface area contributed by atoms with E-state index in [9.17, 15) is 22.8 Å². The number of alkyl halides is 3. The minimum Gasteiger partial charge on any atom is -0.369 e. The zero-order valence-electron chi connectivity index (χ0n) is 19.4. The molecule has 2 aromatic carbocycles. The van der Waals surface area contributed by atoms with E-state index in [0.717, 1.165) is 23.1 Å². The third-order valence-corrected chi connectivity index (χ3v) is 7.21. The Kier molecular flexibility index (Phi) is 6.39. The van der Waals surface area contributed by atoms with Gasteiger partial charge in [0.25, 0.3) is 0 Å². The molecule has 3 aromatic rings. The van der Waals surface area contributed by atoms with Crippen LogP contribution in [0.1, 0.15) is 48.5 Å². The monoisotopic (exact) mass is 518 g/mol. The first-order chi connectivity index (χ1) is 17.2. The molecule has 5 rings (SSSR count). The van der Waals surface area contributed by atoms with Crippen molar-refractivity contribution in [3.8, 4) is 11.8 Å². The molecular weight excluding hydrogens is 496 g/mol. The van der Waals surface area contributed by atoms with E-state index >= 15 is 0 Å². The van der Waals surface area contributed by atoms with Crippen LogP contribution in [0.4, 0.5) is 23.2 Å². The highest BCUT2D eigenvalue weighted by Crippen LogP contribution is 2.38. The molecule has 2 aliphatic rings. The van der Waals surface area contributed by atoms with E-state index in [2.05, 4.69) is 16.3 Å². The highest BCUT2D eigenvalue weighted by molar-refractivity contribution is 6.30. The third kappa shape index (κ3) is 4.42. The number of aromatic nitrogens is 3. The lowest BCUT2D eigenvalue weighted by atomic mass is 9.95. The smallest absolute Gasteiger partial charge is 0.369 e. The molecular formula is C25H23ClF4N6. The van der Waals surface area contributed by atoms with Gasteiger partial charge in [-0.3, -0.25) is 9.47 Å². The quantitative estimate of drug-likeness (QED) is 0.417. The molecule has 0 spiro atoms. The van der Waals surface area contributed by atoms with Crippen LogP contribution >= 0.6 is 11.6 Å².